The summed E-state index contributed by atoms with van der Waals surface area (Å²) >= 11 is 1.74. The first-order valence-electron chi connectivity index (χ1n) is 6.30. The maximum absolute atomic E-state index is 4.53. The Morgan fingerprint density at radius 1 is 1.56 bits per heavy atom. The number of nitrogens with one attached hydrogen (secondary N) is 1. The van der Waals surface area contributed by atoms with Gasteiger partial charge < -0.3 is 5.32 Å². The maximum atomic E-state index is 4.53. The number of aryl methyl sites for hydroxylation is 1. The Bertz CT molecular complexity index is 334. The van der Waals surface area contributed by atoms with Crippen LogP contribution in [0.5, 0.6) is 0 Å². The van der Waals surface area contributed by atoms with Crippen molar-refractivity contribution in [1.82, 2.24) is 10.3 Å². The zero-order chi connectivity index (χ0) is 11.5. The summed E-state index contributed by atoms with van der Waals surface area (Å²) in [5.74, 6) is 1.82. The van der Waals surface area contributed by atoms with Crippen LogP contribution in [0.25, 0.3) is 0 Å². The van der Waals surface area contributed by atoms with Crippen LogP contribution in [-0.2, 0) is 0 Å². The molecule has 90 valence electrons. The van der Waals surface area contributed by atoms with E-state index < -0.39 is 0 Å². The van der Waals surface area contributed by atoms with Gasteiger partial charge in [0.25, 0.3) is 0 Å². The van der Waals surface area contributed by atoms with E-state index in [-0.39, 0.29) is 0 Å². The van der Waals surface area contributed by atoms with Gasteiger partial charge in [0.05, 0.1) is 10.7 Å². The highest BCUT2D eigenvalue weighted by Crippen LogP contribution is 2.30. The summed E-state index contributed by atoms with van der Waals surface area (Å²) in [7, 11) is 0. The van der Waals surface area contributed by atoms with Crippen LogP contribution in [0, 0.1) is 18.8 Å². The third-order valence-corrected chi connectivity index (χ3v) is 4.39. The molecule has 1 aromatic rings. The van der Waals surface area contributed by atoms with Gasteiger partial charge in [0.1, 0.15) is 0 Å². The molecule has 0 amide bonds. The SMILES string of the molecule is Cc1nc(C(C)NCC2CCC(C)C2)cs1. The standard InChI is InChI=1S/C13H22N2S/c1-9-4-5-12(6-9)7-14-10(2)13-8-16-11(3)15-13/h8-10,12,14H,4-7H2,1-3H3. The molecule has 1 heterocycles. The number of nitrogens with zero attached hydrogens (tertiary/aromatic N) is 1. The van der Waals surface area contributed by atoms with Crippen LogP contribution in [0.1, 0.15) is 49.9 Å². The lowest BCUT2D eigenvalue weighted by Crippen LogP contribution is -2.24. The number of hydrogen-bond donors (Lipinski definition) is 1. The minimum absolute atomic E-state index is 0.404. The topological polar surface area (TPSA) is 24.9 Å². The zero-order valence-electron chi connectivity index (χ0n) is 10.5. The largest absolute Gasteiger partial charge is 0.309 e. The van der Waals surface area contributed by atoms with Crippen LogP contribution in [0.15, 0.2) is 5.38 Å². The van der Waals surface area contributed by atoms with Crippen LogP contribution in [0.4, 0.5) is 0 Å². The lowest BCUT2D eigenvalue weighted by molar-refractivity contribution is 0.437. The molecule has 0 aromatic carbocycles. The predicted molar refractivity (Wildman–Crippen MR) is 69.8 cm³/mol. The molecule has 1 saturated carbocycles. The lowest BCUT2D eigenvalue weighted by Gasteiger charge is -2.15. The molecular weight excluding hydrogens is 216 g/mol. The van der Waals surface area contributed by atoms with E-state index in [9.17, 15) is 0 Å². The number of hydrogen-bond acceptors (Lipinski definition) is 3. The fourth-order valence-corrected chi connectivity index (χ4v) is 3.24. The molecule has 1 fully saturated rings. The quantitative estimate of drug-likeness (QED) is 0.868. The molecule has 0 spiro atoms. The highest BCUT2D eigenvalue weighted by molar-refractivity contribution is 7.09. The molecule has 1 aliphatic carbocycles. The second-order valence-corrected chi connectivity index (χ2v) is 6.27. The van der Waals surface area contributed by atoms with Gasteiger partial charge in [-0.15, -0.1) is 11.3 Å². The molecule has 0 bridgehead atoms. The molecule has 2 rings (SSSR count). The average Bonchev–Trinajstić information content (AvgIpc) is 2.84. The summed E-state index contributed by atoms with van der Waals surface area (Å²) in [5.41, 5.74) is 1.20. The maximum Gasteiger partial charge on any atom is 0.0898 e. The van der Waals surface area contributed by atoms with E-state index in [1.54, 1.807) is 11.3 Å². The van der Waals surface area contributed by atoms with Crippen molar-refractivity contribution in [2.24, 2.45) is 11.8 Å². The van der Waals surface area contributed by atoms with Crippen LogP contribution in [-0.4, -0.2) is 11.5 Å². The van der Waals surface area contributed by atoms with Gasteiger partial charge in [-0.05, 0) is 45.1 Å². The molecule has 1 aromatic heterocycles. The molecular formula is C13H22N2S. The van der Waals surface area contributed by atoms with Crippen molar-refractivity contribution in [2.45, 2.75) is 46.1 Å². The average molecular weight is 238 g/mol. The Labute approximate surface area is 102 Å². The smallest absolute Gasteiger partial charge is 0.0898 e. The van der Waals surface area contributed by atoms with Gasteiger partial charge in [0.2, 0.25) is 0 Å². The van der Waals surface area contributed by atoms with E-state index in [0.29, 0.717) is 6.04 Å². The molecule has 0 saturated heterocycles. The Morgan fingerprint density at radius 2 is 2.38 bits per heavy atom. The minimum Gasteiger partial charge on any atom is -0.309 e. The third-order valence-electron chi connectivity index (χ3n) is 3.60. The van der Waals surface area contributed by atoms with E-state index in [2.05, 4.69) is 36.5 Å². The Morgan fingerprint density at radius 3 is 2.94 bits per heavy atom. The Balaban J connectivity index is 1.77. The van der Waals surface area contributed by atoms with E-state index in [1.807, 2.05) is 0 Å². The Kier molecular flexibility index (Phi) is 3.98. The number of rotatable bonds is 4. The second-order valence-electron chi connectivity index (χ2n) is 5.21. The summed E-state index contributed by atoms with van der Waals surface area (Å²) in [6, 6.07) is 0.404. The van der Waals surface area contributed by atoms with Crippen molar-refractivity contribution >= 4 is 11.3 Å². The molecule has 0 radical (unpaired) electrons. The van der Waals surface area contributed by atoms with Crippen molar-refractivity contribution in [1.29, 1.82) is 0 Å². The van der Waals surface area contributed by atoms with E-state index >= 15 is 0 Å². The van der Waals surface area contributed by atoms with Gasteiger partial charge in [-0.1, -0.05) is 13.3 Å². The molecule has 0 aliphatic heterocycles. The monoisotopic (exact) mass is 238 g/mol. The third kappa shape index (κ3) is 3.05. The zero-order valence-corrected chi connectivity index (χ0v) is 11.3. The Hall–Kier alpha value is -0.410. The van der Waals surface area contributed by atoms with Gasteiger partial charge in [-0.3, -0.25) is 0 Å². The molecule has 2 nitrogen and oxygen atoms in total. The first-order valence-corrected chi connectivity index (χ1v) is 7.18. The molecule has 1 aliphatic rings. The van der Waals surface area contributed by atoms with E-state index in [0.717, 1.165) is 23.4 Å². The van der Waals surface area contributed by atoms with Gasteiger partial charge in [0.15, 0.2) is 0 Å². The van der Waals surface area contributed by atoms with E-state index in [1.165, 1.54) is 25.0 Å². The van der Waals surface area contributed by atoms with Crippen molar-refractivity contribution in [3.05, 3.63) is 16.1 Å². The fourth-order valence-electron chi connectivity index (χ4n) is 2.54. The first-order chi connectivity index (χ1) is 7.65. The van der Waals surface area contributed by atoms with Crippen molar-refractivity contribution < 1.29 is 0 Å². The number of aromatic nitrogens is 1. The lowest BCUT2D eigenvalue weighted by atomic mass is 10.1. The summed E-state index contributed by atoms with van der Waals surface area (Å²) in [6.45, 7) is 7.81. The van der Waals surface area contributed by atoms with E-state index in [4.69, 9.17) is 0 Å². The van der Waals surface area contributed by atoms with Crippen molar-refractivity contribution in [2.75, 3.05) is 6.54 Å². The van der Waals surface area contributed by atoms with Crippen LogP contribution >= 0.6 is 11.3 Å². The predicted octanol–water partition coefficient (Wildman–Crippen LogP) is 3.54. The first kappa shape index (κ1) is 12.1. The number of thiazole rings is 1. The van der Waals surface area contributed by atoms with Crippen LogP contribution < -0.4 is 5.32 Å². The molecule has 3 heteroatoms. The molecule has 16 heavy (non-hydrogen) atoms. The summed E-state index contributed by atoms with van der Waals surface area (Å²) in [5, 5.41) is 6.95. The van der Waals surface area contributed by atoms with Crippen molar-refractivity contribution in [3.8, 4) is 0 Å². The van der Waals surface area contributed by atoms with Gasteiger partial charge in [-0.2, -0.15) is 0 Å². The summed E-state index contributed by atoms with van der Waals surface area (Å²) < 4.78 is 0. The van der Waals surface area contributed by atoms with Crippen LogP contribution in [0.3, 0.4) is 0 Å². The summed E-state index contributed by atoms with van der Waals surface area (Å²) in [4.78, 5) is 4.53. The van der Waals surface area contributed by atoms with Gasteiger partial charge in [0, 0.05) is 11.4 Å². The molecule has 3 unspecified atom stereocenters. The minimum atomic E-state index is 0.404. The fraction of sp³-hybridized carbons (Fsp3) is 0.769. The second kappa shape index (κ2) is 5.28. The van der Waals surface area contributed by atoms with Gasteiger partial charge >= 0.3 is 0 Å². The molecule has 3 atom stereocenters. The van der Waals surface area contributed by atoms with Crippen molar-refractivity contribution in [3.63, 3.8) is 0 Å². The highest BCUT2D eigenvalue weighted by atomic mass is 32.1. The highest BCUT2D eigenvalue weighted by Gasteiger charge is 2.21. The van der Waals surface area contributed by atoms with Gasteiger partial charge in [-0.25, -0.2) is 4.98 Å². The molecule has 1 N–H and O–H groups in total. The summed E-state index contributed by atoms with van der Waals surface area (Å²) in [6.07, 6.45) is 4.21. The van der Waals surface area contributed by atoms with Crippen LogP contribution in [0.2, 0.25) is 0 Å². The normalized spacial score (nSPS) is 27.2.